The maximum Gasteiger partial charge on any atom is 0.184 e. The summed E-state index contributed by atoms with van der Waals surface area (Å²) in [7, 11) is 0. The van der Waals surface area contributed by atoms with Crippen molar-refractivity contribution in [3.63, 3.8) is 0 Å². The molecule has 70 valence electrons. The number of rotatable bonds is 0. The molecule has 0 aromatic heterocycles. The first-order chi connectivity index (χ1) is 5.61. The van der Waals surface area contributed by atoms with E-state index < -0.39 is 37.0 Å². The van der Waals surface area contributed by atoms with E-state index in [1.54, 1.807) is 0 Å². The zero-order valence-corrected chi connectivity index (χ0v) is 6.07. The summed E-state index contributed by atoms with van der Waals surface area (Å²) < 4.78 is 9.45. The summed E-state index contributed by atoms with van der Waals surface area (Å²) in [5.74, 6) is 0. The lowest BCUT2D eigenvalue weighted by molar-refractivity contribution is -0.246. The smallest absolute Gasteiger partial charge is 0.184 e. The van der Waals surface area contributed by atoms with Crippen molar-refractivity contribution in [1.29, 1.82) is 0 Å². The highest BCUT2D eigenvalue weighted by Gasteiger charge is 2.54. The van der Waals surface area contributed by atoms with Crippen LogP contribution in [0.4, 0.5) is 0 Å². The van der Waals surface area contributed by atoms with Gasteiger partial charge in [-0.25, -0.2) is 0 Å². The molecule has 12 heavy (non-hydrogen) atoms. The van der Waals surface area contributed by atoms with Gasteiger partial charge in [-0.1, -0.05) is 0 Å². The first-order valence-electron chi connectivity index (χ1n) is 3.64. The van der Waals surface area contributed by atoms with Gasteiger partial charge in [0.15, 0.2) is 12.6 Å². The molecule has 2 aliphatic heterocycles. The molecule has 0 aromatic carbocycles. The van der Waals surface area contributed by atoms with Gasteiger partial charge in [-0.2, -0.15) is 0 Å². The van der Waals surface area contributed by atoms with Gasteiger partial charge in [0, 0.05) is 0 Å². The molecule has 6 heteroatoms. The van der Waals surface area contributed by atoms with Crippen LogP contribution in [0.3, 0.4) is 0 Å². The number of fused-ring (bicyclic) bond motifs is 2. The molecule has 0 unspecified atom stereocenters. The lowest BCUT2D eigenvalue weighted by atomic mass is 10.0. The van der Waals surface area contributed by atoms with Gasteiger partial charge in [0.05, 0.1) is 0 Å². The molecule has 2 aliphatic rings. The van der Waals surface area contributed by atoms with Gasteiger partial charge >= 0.3 is 0 Å². The SMILES string of the molecule is O[C@@H]1[C@@H]2O[C@@H](O)[C@H]1O[C@H](O)[C@@H]2O. The highest BCUT2D eigenvalue weighted by Crippen LogP contribution is 2.31. The highest BCUT2D eigenvalue weighted by atomic mass is 16.7. The molecule has 6 atom stereocenters. The third-order valence-corrected chi connectivity index (χ3v) is 2.18. The second kappa shape index (κ2) is 2.63. The molecule has 0 aliphatic carbocycles. The van der Waals surface area contributed by atoms with E-state index in [0.717, 1.165) is 0 Å². The van der Waals surface area contributed by atoms with Gasteiger partial charge in [0.1, 0.15) is 24.4 Å². The quantitative estimate of drug-likeness (QED) is 0.318. The van der Waals surface area contributed by atoms with Crippen molar-refractivity contribution < 1.29 is 29.9 Å². The summed E-state index contributed by atoms with van der Waals surface area (Å²) in [6, 6.07) is 0. The van der Waals surface area contributed by atoms with Crippen LogP contribution in [0.15, 0.2) is 0 Å². The van der Waals surface area contributed by atoms with E-state index in [1.807, 2.05) is 0 Å². The molecule has 0 aromatic rings. The zero-order valence-electron chi connectivity index (χ0n) is 6.07. The second-order valence-electron chi connectivity index (χ2n) is 2.96. The minimum atomic E-state index is -1.40. The summed E-state index contributed by atoms with van der Waals surface area (Å²) >= 11 is 0. The Balaban J connectivity index is 2.20. The average molecular weight is 178 g/mol. The van der Waals surface area contributed by atoms with E-state index in [-0.39, 0.29) is 0 Å². The van der Waals surface area contributed by atoms with Crippen LogP contribution in [0.5, 0.6) is 0 Å². The van der Waals surface area contributed by atoms with Crippen LogP contribution < -0.4 is 0 Å². The normalized spacial score (nSPS) is 59.0. The molecule has 0 radical (unpaired) electrons. The summed E-state index contributed by atoms with van der Waals surface area (Å²) in [4.78, 5) is 0. The molecule has 0 spiro atoms. The lowest BCUT2D eigenvalue weighted by Gasteiger charge is -2.31. The van der Waals surface area contributed by atoms with Crippen molar-refractivity contribution in [2.75, 3.05) is 0 Å². The number of hydrogen-bond acceptors (Lipinski definition) is 6. The number of hydrogen-bond donors (Lipinski definition) is 4. The topological polar surface area (TPSA) is 99.4 Å². The Morgan fingerprint density at radius 3 is 1.92 bits per heavy atom. The van der Waals surface area contributed by atoms with Crippen LogP contribution in [0, 0.1) is 0 Å². The average Bonchev–Trinajstić information content (AvgIpc) is 2.23. The standard InChI is InChI=1S/C6H10O6/c7-1-3-2(8)5(9)12-4(1)6(10)11-3/h1-10H/t1-,2-,3+,4+,5+,6-/m1/s1. The van der Waals surface area contributed by atoms with Crippen molar-refractivity contribution in [3.8, 4) is 0 Å². The number of aliphatic hydroxyl groups excluding tert-OH is 4. The van der Waals surface area contributed by atoms with Crippen molar-refractivity contribution in [1.82, 2.24) is 0 Å². The molecule has 6 nitrogen and oxygen atoms in total. The van der Waals surface area contributed by atoms with Crippen LogP contribution >= 0.6 is 0 Å². The van der Waals surface area contributed by atoms with Gasteiger partial charge in [-0.05, 0) is 0 Å². The first-order valence-corrected chi connectivity index (χ1v) is 3.64. The number of ether oxygens (including phenoxy) is 2. The molecular formula is C6H10O6. The van der Waals surface area contributed by atoms with Gasteiger partial charge in [0.2, 0.25) is 0 Å². The maximum absolute atomic E-state index is 9.29. The molecule has 0 saturated carbocycles. The predicted octanol–water partition coefficient (Wildman–Crippen LogP) is -2.86. The Hall–Kier alpha value is -0.240. The Labute approximate surface area is 68.0 Å². The largest absolute Gasteiger partial charge is 0.387 e. The minimum Gasteiger partial charge on any atom is -0.387 e. The van der Waals surface area contributed by atoms with Crippen LogP contribution in [-0.4, -0.2) is 57.4 Å². The van der Waals surface area contributed by atoms with E-state index >= 15 is 0 Å². The van der Waals surface area contributed by atoms with E-state index in [4.69, 9.17) is 19.7 Å². The lowest BCUT2D eigenvalue weighted by Crippen LogP contribution is -2.53. The summed E-state index contributed by atoms with van der Waals surface area (Å²) in [5, 5.41) is 36.6. The third-order valence-electron chi connectivity index (χ3n) is 2.18. The fourth-order valence-corrected chi connectivity index (χ4v) is 1.51. The molecule has 4 N–H and O–H groups in total. The Morgan fingerprint density at radius 1 is 0.667 bits per heavy atom. The summed E-state index contributed by atoms with van der Waals surface area (Å²) in [6.45, 7) is 0. The molecule has 2 fully saturated rings. The summed E-state index contributed by atoms with van der Waals surface area (Å²) in [5.41, 5.74) is 0. The zero-order chi connectivity index (χ0) is 8.88. The minimum absolute atomic E-state index is 0.964. The first kappa shape index (κ1) is 8.36. The summed E-state index contributed by atoms with van der Waals surface area (Å²) in [6.07, 6.45) is -7.01. The van der Waals surface area contributed by atoms with Crippen LogP contribution in [0.1, 0.15) is 0 Å². The molecular weight excluding hydrogens is 168 g/mol. The Bertz CT molecular complexity index is 181. The van der Waals surface area contributed by atoms with Crippen molar-refractivity contribution in [3.05, 3.63) is 0 Å². The van der Waals surface area contributed by atoms with Crippen LogP contribution in [0.25, 0.3) is 0 Å². The fraction of sp³-hybridized carbons (Fsp3) is 1.00. The second-order valence-corrected chi connectivity index (χ2v) is 2.96. The van der Waals surface area contributed by atoms with E-state index in [1.165, 1.54) is 0 Å². The van der Waals surface area contributed by atoms with Gasteiger partial charge < -0.3 is 29.9 Å². The molecule has 2 bridgehead atoms. The Morgan fingerprint density at radius 2 is 1.25 bits per heavy atom. The van der Waals surface area contributed by atoms with Gasteiger partial charge in [-0.3, -0.25) is 0 Å². The van der Waals surface area contributed by atoms with E-state index in [2.05, 4.69) is 0 Å². The van der Waals surface area contributed by atoms with E-state index in [9.17, 15) is 10.2 Å². The number of aliphatic hydroxyl groups is 4. The van der Waals surface area contributed by atoms with Gasteiger partial charge in [-0.15, -0.1) is 0 Å². The maximum atomic E-state index is 9.29. The Kier molecular flexibility index (Phi) is 1.83. The van der Waals surface area contributed by atoms with Crippen LogP contribution in [0.2, 0.25) is 0 Å². The van der Waals surface area contributed by atoms with Crippen molar-refractivity contribution in [2.45, 2.75) is 37.0 Å². The third kappa shape index (κ3) is 0.972. The van der Waals surface area contributed by atoms with Crippen molar-refractivity contribution in [2.24, 2.45) is 0 Å². The van der Waals surface area contributed by atoms with Crippen molar-refractivity contribution >= 4 is 0 Å². The highest BCUT2D eigenvalue weighted by molar-refractivity contribution is 4.96. The van der Waals surface area contributed by atoms with Gasteiger partial charge in [0.25, 0.3) is 0 Å². The molecule has 2 saturated heterocycles. The molecule has 2 rings (SSSR count). The predicted molar refractivity (Wildman–Crippen MR) is 33.8 cm³/mol. The monoisotopic (exact) mass is 178 g/mol. The van der Waals surface area contributed by atoms with Crippen LogP contribution in [-0.2, 0) is 9.47 Å². The molecule has 0 amide bonds. The van der Waals surface area contributed by atoms with E-state index in [0.29, 0.717) is 0 Å². The fourth-order valence-electron chi connectivity index (χ4n) is 1.51. The molecule has 2 heterocycles.